The standard InChI is InChI=1S/C13H12FNOS/c14-10-3-5-11(6-4-10)15-13(16)8-7-12-2-1-9-17-12/h1-6,9H,7-8H2,(H,15,16). The van der Waals surface area contributed by atoms with E-state index in [4.69, 9.17) is 0 Å². The molecule has 1 heterocycles. The molecular weight excluding hydrogens is 237 g/mol. The first-order valence-electron chi connectivity index (χ1n) is 5.32. The molecule has 0 unspecified atom stereocenters. The Labute approximate surface area is 103 Å². The Morgan fingerprint density at radius 2 is 2.00 bits per heavy atom. The van der Waals surface area contributed by atoms with Gasteiger partial charge in [-0.15, -0.1) is 11.3 Å². The van der Waals surface area contributed by atoms with Crippen molar-refractivity contribution in [3.05, 3.63) is 52.5 Å². The Morgan fingerprint density at radius 1 is 1.24 bits per heavy atom. The van der Waals surface area contributed by atoms with Gasteiger partial charge in [-0.05, 0) is 42.1 Å². The summed E-state index contributed by atoms with van der Waals surface area (Å²) < 4.78 is 12.6. The van der Waals surface area contributed by atoms with Gasteiger partial charge in [0.05, 0.1) is 0 Å². The number of amides is 1. The van der Waals surface area contributed by atoms with Crippen LogP contribution >= 0.6 is 11.3 Å². The fraction of sp³-hybridized carbons (Fsp3) is 0.154. The van der Waals surface area contributed by atoms with Crippen molar-refractivity contribution in [2.75, 3.05) is 5.32 Å². The summed E-state index contributed by atoms with van der Waals surface area (Å²) in [7, 11) is 0. The first-order chi connectivity index (χ1) is 8.24. The van der Waals surface area contributed by atoms with Crippen LogP contribution in [0.3, 0.4) is 0 Å². The van der Waals surface area contributed by atoms with Crippen LogP contribution in [0.25, 0.3) is 0 Å². The summed E-state index contributed by atoms with van der Waals surface area (Å²) in [5.74, 6) is -0.355. The van der Waals surface area contributed by atoms with Crippen LogP contribution < -0.4 is 5.32 Å². The molecule has 0 radical (unpaired) electrons. The van der Waals surface area contributed by atoms with Crippen molar-refractivity contribution >= 4 is 22.9 Å². The lowest BCUT2D eigenvalue weighted by Crippen LogP contribution is -2.11. The summed E-state index contributed by atoms with van der Waals surface area (Å²) in [6, 6.07) is 9.74. The molecule has 2 rings (SSSR count). The van der Waals surface area contributed by atoms with E-state index in [0.717, 1.165) is 6.42 Å². The van der Waals surface area contributed by atoms with Crippen molar-refractivity contribution in [3.63, 3.8) is 0 Å². The molecule has 1 N–H and O–H groups in total. The fourth-order valence-corrected chi connectivity index (χ4v) is 2.16. The fourth-order valence-electron chi connectivity index (χ4n) is 1.45. The van der Waals surface area contributed by atoms with E-state index in [9.17, 15) is 9.18 Å². The summed E-state index contributed by atoms with van der Waals surface area (Å²) in [6.07, 6.45) is 1.18. The minimum atomic E-state index is -0.304. The molecular formula is C13H12FNOS. The summed E-state index contributed by atoms with van der Waals surface area (Å²) in [5.41, 5.74) is 0.627. The van der Waals surface area contributed by atoms with E-state index >= 15 is 0 Å². The SMILES string of the molecule is O=C(CCc1cccs1)Nc1ccc(F)cc1. The summed E-state index contributed by atoms with van der Waals surface area (Å²) >= 11 is 1.64. The zero-order valence-electron chi connectivity index (χ0n) is 9.15. The normalized spacial score (nSPS) is 10.2. The first kappa shape index (κ1) is 11.8. The van der Waals surface area contributed by atoms with Crippen LogP contribution in [0.1, 0.15) is 11.3 Å². The number of nitrogens with one attached hydrogen (secondary N) is 1. The summed E-state index contributed by atoms with van der Waals surface area (Å²) in [6.45, 7) is 0. The average molecular weight is 249 g/mol. The van der Waals surface area contributed by atoms with Gasteiger partial charge < -0.3 is 5.32 Å². The highest BCUT2D eigenvalue weighted by Gasteiger charge is 2.03. The summed E-state index contributed by atoms with van der Waals surface area (Å²) in [5, 5.41) is 4.72. The second-order valence-electron chi connectivity index (χ2n) is 3.63. The van der Waals surface area contributed by atoms with Crippen LogP contribution in [0, 0.1) is 5.82 Å². The van der Waals surface area contributed by atoms with E-state index in [2.05, 4.69) is 5.32 Å². The number of benzene rings is 1. The highest BCUT2D eigenvalue weighted by Crippen LogP contribution is 2.12. The van der Waals surface area contributed by atoms with Crippen LogP contribution in [-0.2, 0) is 11.2 Å². The molecule has 1 aromatic heterocycles. The van der Waals surface area contributed by atoms with Gasteiger partial charge in [0, 0.05) is 17.0 Å². The maximum Gasteiger partial charge on any atom is 0.224 e. The van der Waals surface area contributed by atoms with Gasteiger partial charge in [-0.25, -0.2) is 4.39 Å². The summed E-state index contributed by atoms with van der Waals surface area (Å²) in [4.78, 5) is 12.8. The third-order valence-electron chi connectivity index (χ3n) is 2.31. The Balaban J connectivity index is 1.83. The number of thiophene rings is 1. The van der Waals surface area contributed by atoms with Crippen molar-refractivity contribution in [1.82, 2.24) is 0 Å². The zero-order valence-corrected chi connectivity index (χ0v) is 9.97. The number of anilines is 1. The number of carbonyl (C=O) groups excluding carboxylic acids is 1. The molecule has 1 amide bonds. The number of hydrogen-bond acceptors (Lipinski definition) is 2. The predicted molar refractivity (Wildman–Crippen MR) is 67.7 cm³/mol. The molecule has 0 spiro atoms. The molecule has 0 saturated heterocycles. The largest absolute Gasteiger partial charge is 0.326 e. The highest BCUT2D eigenvalue weighted by molar-refractivity contribution is 7.09. The van der Waals surface area contributed by atoms with Crippen molar-refractivity contribution in [3.8, 4) is 0 Å². The van der Waals surface area contributed by atoms with Crippen LogP contribution in [0.2, 0.25) is 0 Å². The molecule has 2 nitrogen and oxygen atoms in total. The quantitative estimate of drug-likeness (QED) is 0.883. The van der Waals surface area contributed by atoms with Gasteiger partial charge in [0.25, 0.3) is 0 Å². The molecule has 0 bridgehead atoms. The van der Waals surface area contributed by atoms with Gasteiger partial charge in [-0.3, -0.25) is 4.79 Å². The van der Waals surface area contributed by atoms with Gasteiger partial charge in [0.2, 0.25) is 5.91 Å². The maximum absolute atomic E-state index is 12.6. The van der Waals surface area contributed by atoms with E-state index < -0.39 is 0 Å². The van der Waals surface area contributed by atoms with E-state index in [1.807, 2.05) is 17.5 Å². The monoisotopic (exact) mass is 249 g/mol. The number of carbonyl (C=O) groups is 1. The number of rotatable bonds is 4. The molecule has 4 heteroatoms. The molecule has 2 aromatic rings. The third kappa shape index (κ3) is 3.67. The van der Waals surface area contributed by atoms with Gasteiger partial charge in [0.15, 0.2) is 0 Å². The van der Waals surface area contributed by atoms with Crippen LogP contribution in [0.4, 0.5) is 10.1 Å². The third-order valence-corrected chi connectivity index (χ3v) is 3.24. The van der Waals surface area contributed by atoms with Crippen molar-refractivity contribution < 1.29 is 9.18 Å². The van der Waals surface area contributed by atoms with Crippen molar-refractivity contribution in [2.45, 2.75) is 12.8 Å². The van der Waals surface area contributed by atoms with Gasteiger partial charge in [-0.1, -0.05) is 6.07 Å². The maximum atomic E-state index is 12.6. The Morgan fingerprint density at radius 3 is 2.65 bits per heavy atom. The molecule has 0 aliphatic heterocycles. The number of halogens is 1. The molecule has 17 heavy (non-hydrogen) atoms. The van der Waals surface area contributed by atoms with Crippen LogP contribution in [0.15, 0.2) is 41.8 Å². The highest BCUT2D eigenvalue weighted by atomic mass is 32.1. The van der Waals surface area contributed by atoms with Crippen LogP contribution in [0.5, 0.6) is 0 Å². The molecule has 0 saturated carbocycles. The average Bonchev–Trinajstić information content (AvgIpc) is 2.83. The zero-order chi connectivity index (χ0) is 12.1. The van der Waals surface area contributed by atoms with Gasteiger partial charge >= 0.3 is 0 Å². The molecule has 0 aliphatic carbocycles. The lowest BCUT2D eigenvalue weighted by molar-refractivity contribution is -0.116. The van der Waals surface area contributed by atoms with Crippen molar-refractivity contribution in [1.29, 1.82) is 0 Å². The van der Waals surface area contributed by atoms with Crippen LogP contribution in [-0.4, -0.2) is 5.91 Å². The van der Waals surface area contributed by atoms with E-state index in [0.29, 0.717) is 12.1 Å². The second-order valence-corrected chi connectivity index (χ2v) is 4.67. The molecule has 0 atom stereocenters. The number of aryl methyl sites for hydroxylation is 1. The minimum Gasteiger partial charge on any atom is -0.326 e. The second kappa shape index (κ2) is 5.59. The molecule has 88 valence electrons. The Hall–Kier alpha value is -1.68. The Kier molecular flexibility index (Phi) is 3.88. The molecule has 0 fully saturated rings. The minimum absolute atomic E-state index is 0.0509. The lowest BCUT2D eigenvalue weighted by atomic mass is 10.2. The van der Waals surface area contributed by atoms with E-state index in [1.54, 1.807) is 23.5 Å². The predicted octanol–water partition coefficient (Wildman–Crippen LogP) is 3.46. The van der Waals surface area contributed by atoms with E-state index in [1.165, 1.54) is 17.0 Å². The first-order valence-corrected chi connectivity index (χ1v) is 6.20. The lowest BCUT2D eigenvalue weighted by Gasteiger charge is -2.04. The van der Waals surface area contributed by atoms with Gasteiger partial charge in [-0.2, -0.15) is 0 Å². The van der Waals surface area contributed by atoms with Crippen molar-refractivity contribution in [2.24, 2.45) is 0 Å². The van der Waals surface area contributed by atoms with E-state index in [-0.39, 0.29) is 11.7 Å². The topological polar surface area (TPSA) is 29.1 Å². The molecule has 0 aliphatic rings. The number of hydrogen-bond donors (Lipinski definition) is 1. The Bertz CT molecular complexity index is 479. The smallest absolute Gasteiger partial charge is 0.224 e. The van der Waals surface area contributed by atoms with Gasteiger partial charge in [0.1, 0.15) is 5.82 Å². The molecule has 1 aromatic carbocycles.